The van der Waals surface area contributed by atoms with Crippen molar-refractivity contribution in [1.29, 1.82) is 0 Å². The Kier molecular flexibility index (Phi) is 6.30. The monoisotopic (exact) mass is 378 g/mol. The predicted octanol–water partition coefficient (Wildman–Crippen LogP) is 7.08. The van der Waals surface area contributed by atoms with Gasteiger partial charge < -0.3 is 9.47 Å². The quantitative estimate of drug-likeness (QED) is 0.370. The van der Waals surface area contributed by atoms with Crippen molar-refractivity contribution in [3.63, 3.8) is 0 Å². The molecule has 0 amide bonds. The van der Waals surface area contributed by atoms with Gasteiger partial charge in [-0.15, -0.1) is 11.3 Å². The molecule has 26 heavy (non-hydrogen) atoms. The molecule has 0 bridgehead atoms. The molecule has 0 spiro atoms. The van der Waals surface area contributed by atoms with Crippen LogP contribution in [0.5, 0.6) is 11.5 Å². The Morgan fingerprint density at radius 2 is 1.35 bits per heavy atom. The second kappa shape index (κ2) is 8.67. The summed E-state index contributed by atoms with van der Waals surface area (Å²) in [5.41, 5.74) is 0. The maximum atomic E-state index is 14.8. The zero-order valence-electron chi connectivity index (χ0n) is 15.2. The Balaban J connectivity index is 1.84. The Morgan fingerprint density at radius 1 is 0.769 bits per heavy atom. The van der Waals surface area contributed by atoms with Crippen LogP contribution in [0.3, 0.4) is 0 Å². The first-order chi connectivity index (χ1) is 12.7. The summed E-state index contributed by atoms with van der Waals surface area (Å²) in [7, 11) is 0. The summed E-state index contributed by atoms with van der Waals surface area (Å²) in [6.45, 7) is 4.87. The van der Waals surface area contributed by atoms with E-state index in [1.165, 1.54) is 19.3 Å². The highest BCUT2D eigenvalue weighted by atomic mass is 32.1. The van der Waals surface area contributed by atoms with Crippen LogP contribution in [-0.4, -0.2) is 13.2 Å². The molecule has 0 radical (unpaired) electrons. The Labute approximate surface area is 156 Å². The lowest BCUT2D eigenvalue weighted by atomic mass is 10.1. The topological polar surface area (TPSA) is 18.5 Å². The van der Waals surface area contributed by atoms with E-state index in [1.54, 1.807) is 25.1 Å². The van der Waals surface area contributed by atoms with E-state index in [9.17, 15) is 8.78 Å². The second-order valence-corrected chi connectivity index (χ2v) is 7.33. The maximum absolute atomic E-state index is 14.8. The number of rotatable bonds is 9. The summed E-state index contributed by atoms with van der Waals surface area (Å²) in [4.78, 5) is 0. The van der Waals surface area contributed by atoms with E-state index in [0.717, 1.165) is 24.2 Å². The van der Waals surface area contributed by atoms with Crippen LogP contribution in [-0.2, 0) is 0 Å². The molecule has 0 aliphatic rings. The smallest absolute Gasteiger partial charge is 0.182 e. The van der Waals surface area contributed by atoms with Crippen LogP contribution in [0.25, 0.3) is 20.2 Å². The molecule has 0 atom stereocenters. The summed E-state index contributed by atoms with van der Waals surface area (Å²) in [6, 6.07) is 6.84. The van der Waals surface area contributed by atoms with E-state index >= 15 is 0 Å². The van der Waals surface area contributed by atoms with E-state index in [4.69, 9.17) is 9.47 Å². The maximum Gasteiger partial charge on any atom is 0.182 e. The number of hydrogen-bond donors (Lipinski definition) is 0. The number of halogens is 2. The van der Waals surface area contributed by atoms with Gasteiger partial charge in [0.05, 0.1) is 22.6 Å². The van der Waals surface area contributed by atoms with E-state index in [-0.39, 0.29) is 11.5 Å². The van der Waals surface area contributed by atoms with Crippen molar-refractivity contribution in [2.45, 2.75) is 46.0 Å². The normalized spacial score (nSPS) is 11.4. The van der Waals surface area contributed by atoms with Gasteiger partial charge in [0.25, 0.3) is 0 Å². The largest absolute Gasteiger partial charge is 0.491 e. The number of ether oxygens (including phenoxy) is 2. The van der Waals surface area contributed by atoms with Crippen molar-refractivity contribution < 1.29 is 18.3 Å². The zero-order valence-corrected chi connectivity index (χ0v) is 16.1. The molecule has 2 aromatic carbocycles. The predicted molar refractivity (Wildman–Crippen MR) is 105 cm³/mol. The second-order valence-electron chi connectivity index (χ2n) is 6.31. The molecule has 3 aromatic rings. The molecule has 0 saturated carbocycles. The molecule has 1 aromatic heterocycles. The van der Waals surface area contributed by atoms with Crippen LogP contribution in [0.15, 0.2) is 24.3 Å². The van der Waals surface area contributed by atoms with E-state index in [2.05, 4.69) is 6.92 Å². The van der Waals surface area contributed by atoms with Gasteiger partial charge >= 0.3 is 0 Å². The molecule has 0 saturated heterocycles. The van der Waals surface area contributed by atoms with Gasteiger partial charge in [-0.25, -0.2) is 8.78 Å². The van der Waals surface area contributed by atoms with Crippen LogP contribution in [0, 0.1) is 11.6 Å². The number of hydrogen-bond acceptors (Lipinski definition) is 3. The molecule has 0 fully saturated rings. The zero-order chi connectivity index (χ0) is 18.5. The number of unbranched alkanes of at least 4 members (excludes halogenated alkanes) is 4. The Morgan fingerprint density at radius 3 is 1.92 bits per heavy atom. The van der Waals surface area contributed by atoms with Gasteiger partial charge in [-0.1, -0.05) is 32.6 Å². The summed E-state index contributed by atoms with van der Waals surface area (Å²) in [6.07, 6.45) is 5.60. The number of benzene rings is 2. The van der Waals surface area contributed by atoms with E-state index < -0.39 is 11.6 Å². The summed E-state index contributed by atoms with van der Waals surface area (Å²) >= 11 is 1.11. The molecular formula is C21H24F2O2S. The average molecular weight is 378 g/mol. The fourth-order valence-corrected chi connectivity index (χ4v) is 4.23. The highest BCUT2D eigenvalue weighted by Crippen LogP contribution is 2.41. The summed E-state index contributed by atoms with van der Waals surface area (Å²) < 4.78 is 41.2. The third-order valence-electron chi connectivity index (χ3n) is 4.42. The Bertz CT molecular complexity index is 889. The van der Waals surface area contributed by atoms with Crippen molar-refractivity contribution in [2.75, 3.05) is 13.2 Å². The van der Waals surface area contributed by atoms with Crippen molar-refractivity contribution in [3.05, 3.63) is 35.9 Å². The standard InChI is InChI=1S/C21H24F2O2S/c1-3-5-6-7-8-13-25-17-12-10-15-14-9-11-16(24-4-2)18(22)20(14)26-21(15)19(17)23/h9-12H,3-8,13H2,1-2H3. The highest BCUT2D eigenvalue weighted by molar-refractivity contribution is 7.25. The minimum Gasteiger partial charge on any atom is -0.491 e. The highest BCUT2D eigenvalue weighted by Gasteiger charge is 2.18. The van der Waals surface area contributed by atoms with Gasteiger partial charge in [0.1, 0.15) is 0 Å². The van der Waals surface area contributed by atoms with Gasteiger partial charge in [0.2, 0.25) is 0 Å². The van der Waals surface area contributed by atoms with Crippen molar-refractivity contribution in [2.24, 2.45) is 0 Å². The minimum absolute atomic E-state index is 0.204. The molecular weight excluding hydrogens is 354 g/mol. The van der Waals surface area contributed by atoms with Crippen molar-refractivity contribution >= 4 is 31.5 Å². The van der Waals surface area contributed by atoms with Crippen LogP contribution in [0.1, 0.15) is 46.0 Å². The summed E-state index contributed by atoms with van der Waals surface area (Å²) in [5, 5.41) is 1.41. The molecule has 3 rings (SSSR count). The third kappa shape index (κ3) is 3.78. The van der Waals surface area contributed by atoms with Gasteiger partial charge in [0, 0.05) is 10.8 Å². The molecule has 5 heteroatoms. The first-order valence-corrected chi connectivity index (χ1v) is 10.1. The SMILES string of the molecule is CCCCCCCOc1ccc2c(sc3c(F)c(OCC)ccc32)c1F. The molecule has 0 aliphatic heterocycles. The van der Waals surface area contributed by atoms with E-state index in [0.29, 0.717) is 33.4 Å². The lowest BCUT2D eigenvalue weighted by molar-refractivity contribution is 0.291. The fraction of sp³-hybridized carbons (Fsp3) is 0.429. The Hall–Kier alpha value is -1.88. The molecule has 2 nitrogen and oxygen atoms in total. The first-order valence-electron chi connectivity index (χ1n) is 9.26. The minimum atomic E-state index is -0.427. The molecule has 0 aliphatic carbocycles. The van der Waals surface area contributed by atoms with Gasteiger partial charge in [0.15, 0.2) is 23.1 Å². The first kappa shape index (κ1) is 18.9. The van der Waals surface area contributed by atoms with Crippen molar-refractivity contribution in [3.8, 4) is 11.5 Å². The third-order valence-corrected chi connectivity index (χ3v) is 5.63. The van der Waals surface area contributed by atoms with Crippen LogP contribution in [0.2, 0.25) is 0 Å². The lowest BCUT2D eigenvalue weighted by Gasteiger charge is -2.07. The van der Waals surface area contributed by atoms with Crippen LogP contribution in [0.4, 0.5) is 8.78 Å². The molecule has 0 N–H and O–H groups in total. The van der Waals surface area contributed by atoms with Gasteiger partial charge in [-0.2, -0.15) is 0 Å². The molecule has 140 valence electrons. The van der Waals surface area contributed by atoms with Gasteiger partial charge in [-0.3, -0.25) is 0 Å². The summed E-state index contributed by atoms with van der Waals surface area (Å²) in [5.74, 6) is -0.390. The fourth-order valence-electron chi connectivity index (χ4n) is 3.07. The van der Waals surface area contributed by atoms with Gasteiger partial charge in [-0.05, 0) is 37.6 Å². The lowest BCUT2D eigenvalue weighted by Crippen LogP contribution is -1.99. The average Bonchev–Trinajstić information content (AvgIpc) is 3.02. The molecule has 1 heterocycles. The van der Waals surface area contributed by atoms with Crippen molar-refractivity contribution in [1.82, 2.24) is 0 Å². The molecule has 0 unspecified atom stereocenters. The van der Waals surface area contributed by atoms with Crippen LogP contribution < -0.4 is 9.47 Å². The number of fused-ring (bicyclic) bond motifs is 3. The van der Waals surface area contributed by atoms with E-state index in [1.807, 2.05) is 6.07 Å². The van der Waals surface area contributed by atoms with Crippen LogP contribution >= 0.6 is 11.3 Å². The number of thiophene rings is 1.